The van der Waals surface area contributed by atoms with Gasteiger partial charge in [-0.1, -0.05) is 15.9 Å². The lowest BCUT2D eigenvalue weighted by atomic mass is 10.3. The van der Waals surface area contributed by atoms with Gasteiger partial charge >= 0.3 is 0 Å². The van der Waals surface area contributed by atoms with Gasteiger partial charge in [-0.25, -0.2) is 8.42 Å². The van der Waals surface area contributed by atoms with Gasteiger partial charge in [-0.2, -0.15) is 4.31 Å². The number of amides is 1. The number of sulfonamides is 1. The van der Waals surface area contributed by atoms with Gasteiger partial charge in [0.25, 0.3) is 0 Å². The molecule has 0 aromatic heterocycles. The first-order valence-corrected chi connectivity index (χ1v) is 8.36. The highest BCUT2D eigenvalue weighted by Crippen LogP contribution is 2.33. The van der Waals surface area contributed by atoms with Gasteiger partial charge in [0.05, 0.1) is 12.2 Å². The number of nitrogens with two attached hydrogens (primary N) is 1. The topological polar surface area (TPSA) is 92.5 Å². The number of hydrogen-bond acceptors (Lipinski definition) is 4. The molecule has 0 bridgehead atoms. The average molecular weight is 413 g/mol. The lowest BCUT2D eigenvalue weighted by Crippen LogP contribution is -2.49. The Hall–Kier alpha value is -0.640. The van der Waals surface area contributed by atoms with Crippen LogP contribution < -0.4 is 11.1 Å². The maximum absolute atomic E-state index is 12.5. The second kappa shape index (κ2) is 5.39. The Labute approximate surface area is 127 Å². The van der Waals surface area contributed by atoms with Gasteiger partial charge in [0.1, 0.15) is 4.90 Å². The molecule has 1 saturated heterocycles. The number of nitrogen functional groups attached to an aromatic ring is 1. The molecule has 0 atom stereocenters. The third-order valence-corrected chi connectivity index (χ3v) is 5.95. The number of carbonyl (C=O) groups is 1. The van der Waals surface area contributed by atoms with E-state index in [9.17, 15) is 13.2 Å². The summed E-state index contributed by atoms with van der Waals surface area (Å²) in [5.41, 5.74) is 5.91. The Morgan fingerprint density at radius 3 is 2.58 bits per heavy atom. The smallest absolute Gasteiger partial charge is 0.246 e. The number of rotatable bonds is 2. The highest BCUT2D eigenvalue weighted by molar-refractivity contribution is 9.11. The summed E-state index contributed by atoms with van der Waals surface area (Å²) in [6.07, 6.45) is 0. The maximum Gasteiger partial charge on any atom is 0.246 e. The summed E-state index contributed by atoms with van der Waals surface area (Å²) in [7, 11) is -3.79. The van der Waals surface area contributed by atoms with E-state index in [0.717, 1.165) is 4.31 Å². The van der Waals surface area contributed by atoms with Gasteiger partial charge in [0.15, 0.2) is 0 Å². The molecule has 1 heterocycles. The van der Waals surface area contributed by atoms with Crippen molar-refractivity contribution in [3.05, 3.63) is 21.1 Å². The average Bonchev–Trinajstić information content (AvgIpc) is 2.26. The highest BCUT2D eigenvalue weighted by atomic mass is 79.9. The fraction of sp³-hybridized carbons (Fsp3) is 0.300. The summed E-state index contributed by atoms with van der Waals surface area (Å²) in [6.45, 7) is 0.340. The molecule has 1 aliphatic heterocycles. The molecule has 9 heteroatoms. The van der Waals surface area contributed by atoms with E-state index in [0.29, 0.717) is 15.5 Å². The van der Waals surface area contributed by atoms with Crippen LogP contribution in [0.2, 0.25) is 0 Å². The predicted octanol–water partition coefficient (Wildman–Crippen LogP) is 0.914. The van der Waals surface area contributed by atoms with Crippen LogP contribution in [0.1, 0.15) is 0 Å². The van der Waals surface area contributed by atoms with E-state index in [2.05, 4.69) is 37.2 Å². The molecule has 0 spiro atoms. The zero-order valence-corrected chi connectivity index (χ0v) is 13.7. The van der Waals surface area contributed by atoms with Crippen LogP contribution in [0, 0.1) is 0 Å². The zero-order chi connectivity index (χ0) is 14.2. The number of carbonyl (C=O) groups excluding carboxylic acids is 1. The van der Waals surface area contributed by atoms with E-state index in [1.54, 1.807) is 6.07 Å². The third-order valence-electron chi connectivity index (χ3n) is 2.64. The summed E-state index contributed by atoms with van der Waals surface area (Å²) in [4.78, 5) is 11.3. The second-order valence-electron chi connectivity index (χ2n) is 3.99. The van der Waals surface area contributed by atoms with Crippen LogP contribution in [-0.4, -0.2) is 38.3 Å². The fourth-order valence-electron chi connectivity index (χ4n) is 1.80. The molecule has 0 radical (unpaired) electrons. The monoisotopic (exact) mass is 411 g/mol. The van der Waals surface area contributed by atoms with E-state index < -0.39 is 10.0 Å². The van der Waals surface area contributed by atoms with Crippen molar-refractivity contribution >= 4 is 53.5 Å². The first-order valence-electron chi connectivity index (χ1n) is 5.34. The van der Waals surface area contributed by atoms with Gasteiger partial charge < -0.3 is 11.1 Å². The van der Waals surface area contributed by atoms with Crippen LogP contribution in [-0.2, 0) is 14.8 Å². The van der Waals surface area contributed by atoms with E-state index in [1.165, 1.54) is 6.07 Å². The van der Waals surface area contributed by atoms with Crippen LogP contribution >= 0.6 is 31.9 Å². The minimum Gasteiger partial charge on any atom is -0.398 e. The van der Waals surface area contributed by atoms with Gasteiger partial charge in [-0.15, -0.1) is 0 Å². The first kappa shape index (κ1) is 14.8. The molecule has 1 fully saturated rings. The molecule has 0 aliphatic carbocycles. The van der Waals surface area contributed by atoms with Crippen LogP contribution in [0.15, 0.2) is 26.0 Å². The molecule has 3 N–H and O–H groups in total. The van der Waals surface area contributed by atoms with Crippen molar-refractivity contribution in [1.82, 2.24) is 9.62 Å². The Balaban J connectivity index is 2.48. The number of benzene rings is 1. The van der Waals surface area contributed by atoms with E-state index in [4.69, 9.17) is 5.73 Å². The van der Waals surface area contributed by atoms with Crippen molar-refractivity contribution in [3.63, 3.8) is 0 Å². The van der Waals surface area contributed by atoms with Gasteiger partial charge in [0.2, 0.25) is 15.9 Å². The molecule has 0 unspecified atom stereocenters. The summed E-state index contributed by atoms with van der Waals surface area (Å²) in [6, 6.07) is 3.12. The van der Waals surface area contributed by atoms with Crippen molar-refractivity contribution in [3.8, 4) is 0 Å². The molecule has 19 heavy (non-hydrogen) atoms. The van der Waals surface area contributed by atoms with E-state index >= 15 is 0 Å². The van der Waals surface area contributed by atoms with Crippen LogP contribution in [0.4, 0.5) is 5.69 Å². The molecule has 1 aromatic carbocycles. The van der Waals surface area contributed by atoms with Crippen molar-refractivity contribution in [2.45, 2.75) is 4.90 Å². The fourth-order valence-corrected chi connectivity index (χ4v) is 5.21. The van der Waals surface area contributed by atoms with Crippen molar-refractivity contribution in [2.75, 3.05) is 25.4 Å². The van der Waals surface area contributed by atoms with Gasteiger partial charge in [-0.05, 0) is 28.1 Å². The second-order valence-corrected chi connectivity index (χ2v) is 7.64. The number of hydrogen-bond donors (Lipinski definition) is 2. The minimum absolute atomic E-state index is 0.00889. The van der Waals surface area contributed by atoms with Crippen molar-refractivity contribution in [2.24, 2.45) is 0 Å². The first-order chi connectivity index (χ1) is 8.82. The molecule has 1 amide bonds. The summed E-state index contributed by atoms with van der Waals surface area (Å²) in [5, 5.41) is 2.58. The number of piperazine rings is 1. The summed E-state index contributed by atoms with van der Waals surface area (Å²) in [5.74, 6) is -0.318. The van der Waals surface area contributed by atoms with E-state index in [-0.39, 0.29) is 29.6 Å². The third kappa shape index (κ3) is 2.93. The largest absolute Gasteiger partial charge is 0.398 e. The van der Waals surface area contributed by atoms with E-state index in [1.807, 2.05) is 0 Å². The SMILES string of the molecule is Nc1cc(Br)cc(Br)c1S(=O)(=O)N1CCNC(=O)C1. The molecule has 2 rings (SSSR count). The lowest BCUT2D eigenvalue weighted by molar-refractivity contribution is -0.122. The Kier molecular flexibility index (Phi) is 4.19. The number of anilines is 1. The highest BCUT2D eigenvalue weighted by Gasteiger charge is 2.32. The quantitative estimate of drug-likeness (QED) is 0.706. The van der Waals surface area contributed by atoms with Crippen molar-refractivity contribution < 1.29 is 13.2 Å². The number of halogens is 2. The normalized spacial score (nSPS) is 17.3. The Bertz CT molecular complexity index is 610. The van der Waals surface area contributed by atoms with Crippen LogP contribution in [0.3, 0.4) is 0 Å². The standard InChI is InChI=1S/C10H11Br2N3O3S/c11-6-3-7(12)10(8(13)4-6)19(17,18)15-2-1-14-9(16)5-15/h3-4H,1-2,5,13H2,(H,14,16). The molecule has 0 saturated carbocycles. The maximum atomic E-state index is 12.5. The minimum atomic E-state index is -3.79. The Morgan fingerprint density at radius 2 is 2.00 bits per heavy atom. The van der Waals surface area contributed by atoms with Gasteiger partial charge in [-0.3, -0.25) is 4.79 Å². The van der Waals surface area contributed by atoms with Crippen LogP contribution in [0.25, 0.3) is 0 Å². The van der Waals surface area contributed by atoms with Crippen molar-refractivity contribution in [1.29, 1.82) is 0 Å². The molecular formula is C10H11Br2N3O3S. The van der Waals surface area contributed by atoms with Gasteiger partial charge in [0, 0.05) is 22.0 Å². The molecule has 1 aromatic rings. The lowest BCUT2D eigenvalue weighted by Gasteiger charge is -2.26. The summed E-state index contributed by atoms with van der Waals surface area (Å²) >= 11 is 6.44. The Morgan fingerprint density at radius 1 is 1.32 bits per heavy atom. The number of nitrogens with zero attached hydrogens (tertiary/aromatic N) is 1. The molecule has 104 valence electrons. The zero-order valence-electron chi connectivity index (χ0n) is 9.69. The summed E-state index contributed by atoms with van der Waals surface area (Å²) < 4.78 is 27.2. The van der Waals surface area contributed by atoms with Crippen LogP contribution in [0.5, 0.6) is 0 Å². The molecule has 6 nitrogen and oxygen atoms in total. The molecule has 1 aliphatic rings. The number of nitrogens with one attached hydrogen (secondary N) is 1. The molecular weight excluding hydrogens is 402 g/mol. The predicted molar refractivity (Wildman–Crippen MR) is 78.0 cm³/mol.